The van der Waals surface area contributed by atoms with E-state index in [-0.39, 0.29) is 0 Å². The lowest BCUT2D eigenvalue weighted by atomic mass is 9.74. The largest absolute Gasteiger partial charge is 0.354 e. The van der Waals surface area contributed by atoms with Gasteiger partial charge in [-0.05, 0) is 32.2 Å². The number of aromatic nitrogens is 2. The molecule has 0 saturated carbocycles. The highest BCUT2D eigenvalue weighted by Crippen LogP contribution is 2.38. The van der Waals surface area contributed by atoms with Crippen LogP contribution in [0.1, 0.15) is 25.7 Å². The number of anilines is 1. The number of rotatable bonds is 1. The molecule has 1 unspecified atom stereocenters. The minimum atomic E-state index is 0.440. The molecule has 2 aromatic rings. The van der Waals surface area contributed by atoms with Crippen molar-refractivity contribution in [2.75, 3.05) is 31.1 Å². The van der Waals surface area contributed by atoms with Gasteiger partial charge in [-0.2, -0.15) is 5.10 Å². The molecule has 4 nitrogen and oxygen atoms in total. The van der Waals surface area contributed by atoms with E-state index in [1.807, 2.05) is 6.20 Å². The van der Waals surface area contributed by atoms with E-state index in [1.165, 1.54) is 43.0 Å². The first-order valence-electron chi connectivity index (χ1n) is 8.03. The first-order chi connectivity index (χ1) is 10.4. The molecule has 2 fully saturated rings. The van der Waals surface area contributed by atoms with Crippen molar-refractivity contribution in [3.63, 3.8) is 0 Å². The molecule has 21 heavy (non-hydrogen) atoms. The Morgan fingerprint density at radius 1 is 1.14 bits per heavy atom. The molecule has 0 radical (unpaired) electrons. The molecular formula is C17H22N4. The van der Waals surface area contributed by atoms with Crippen molar-refractivity contribution in [3.8, 4) is 0 Å². The number of fused-ring (bicyclic) bond motifs is 1. The molecule has 4 heteroatoms. The Bertz CT molecular complexity index is 623. The van der Waals surface area contributed by atoms with Gasteiger partial charge in [-0.25, -0.2) is 0 Å². The van der Waals surface area contributed by atoms with Crippen LogP contribution in [-0.4, -0.2) is 36.4 Å². The summed E-state index contributed by atoms with van der Waals surface area (Å²) in [6.07, 6.45) is 7.10. The fourth-order valence-electron chi connectivity index (χ4n) is 4.01. The van der Waals surface area contributed by atoms with Gasteiger partial charge in [0.15, 0.2) is 5.82 Å². The maximum Gasteiger partial charge on any atom is 0.159 e. The van der Waals surface area contributed by atoms with E-state index in [0.29, 0.717) is 5.41 Å². The zero-order valence-electron chi connectivity index (χ0n) is 12.4. The molecule has 2 saturated heterocycles. The van der Waals surface area contributed by atoms with Gasteiger partial charge in [0.2, 0.25) is 0 Å². The van der Waals surface area contributed by atoms with Gasteiger partial charge >= 0.3 is 0 Å². The number of nitrogens with zero attached hydrogens (tertiary/aromatic N) is 3. The van der Waals surface area contributed by atoms with Gasteiger partial charge in [0.05, 0.1) is 6.20 Å². The summed E-state index contributed by atoms with van der Waals surface area (Å²) in [5.74, 6) is 1.07. The Balaban J connectivity index is 1.68. The molecule has 1 N–H and O–H groups in total. The SMILES string of the molecule is c1ccc2c(N3CCCC4(CCCNC4)C3)nncc2c1. The van der Waals surface area contributed by atoms with Gasteiger partial charge in [-0.1, -0.05) is 24.3 Å². The Morgan fingerprint density at radius 2 is 2.05 bits per heavy atom. The van der Waals surface area contributed by atoms with Crippen molar-refractivity contribution in [3.05, 3.63) is 30.5 Å². The highest BCUT2D eigenvalue weighted by Gasteiger charge is 2.37. The average Bonchev–Trinajstić information content (AvgIpc) is 2.55. The van der Waals surface area contributed by atoms with Gasteiger partial charge in [0.1, 0.15) is 0 Å². The van der Waals surface area contributed by atoms with E-state index < -0.39 is 0 Å². The van der Waals surface area contributed by atoms with Gasteiger partial charge in [-0.15, -0.1) is 5.10 Å². The molecule has 4 rings (SSSR count). The van der Waals surface area contributed by atoms with Crippen LogP contribution in [0.5, 0.6) is 0 Å². The minimum absolute atomic E-state index is 0.440. The Hall–Kier alpha value is -1.68. The van der Waals surface area contributed by atoms with E-state index in [0.717, 1.165) is 25.5 Å². The predicted octanol–water partition coefficient (Wildman–Crippen LogP) is 2.60. The molecule has 2 aliphatic heterocycles. The molecule has 1 aromatic heterocycles. The van der Waals surface area contributed by atoms with Crippen molar-refractivity contribution in [2.45, 2.75) is 25.7 Å². The Morgan fingerprint density at radius 3 is 2.95 bits per heavy atom. The molecule has 0 bridgehead atoms. The second-order valence-corrected chi connectivity index (χ2v) is 6.56. The summed E-state index contributed by atoms with van der Waals surface area (Å²) in [5, 5.41) is 14.7. The smallest absolute Gasteiger partial charge is 0.159 e. The monoisotopic (exact) mass is 282 g/mol. The van der Waals surface area contributed by atoms with Crippen LogP contribution >= 0.6 is 0 Å². The van der Waals surface area contributed by atoms with Crippen molar-refractivity contribution >= 4 is 16.6 Å². The van der Waals surface area contributed by atoms with Gasteiger partial charge in [0.25, 0.3) is 0 Å². The van der Waals surface area contributed by atoms with Crippen LogP contribution in [0.25, 0.3) is 10.8 Å². The van der Waals surface area contributed by atoms with Crippen molar-refractivity contribution in [1.29, 1.82) is 0 Å². The third-order valence-corrected chi connectivity index (χ3v) is 5.07. The van der Waals surface area contributed by atoms with Gasteiger partial charge < -0.3 is 10.2 Å². The lowest BCUT2D eigenvalue weighted by Gasteiger charge is -2.45. The zero-order valence-corrected chi connectivity index (χ0v) is 12.4. The highest BCUT2D eigenvalue weighted by atomic mass is 15.3. The molecule has 1 spiro atoms. The third kappa shape index (κ3) is 2.38. The van der Waals surface area contributed by atoms with E-state index in [9.17, 15) is 0 Å². The van der Waals surface area contributed by atoms with E-state index in [1.54, 1.807) is 0 Å². The van der Waals surface area contributed by atoms with Crippen molar-refractivity contribution < 1.29 is 0 Å². The zero-order chi connectivity index (χ0) is 14.1. The number of piperidine rings is 2. The Labute approximate surface area is 125 Å². The second-order valence-electron chi connectivity index (χ2n) is 6.56. The maximum atomic E-state index is 4.46. The summed E-state index contributed by atoms with van der Waals surface area (Å²) in [5.41, 5.74) is 0.440. The molecule has 1 aromatic carbocycles. The fraction of sp³-hybridized carbons (Fsp3) is 0.529. The van der Waals surface area contributed by atoms with E-state index in [2.05, 4.69) is 44.7 Å². The van der Waals surface area contributed by atoms with Gasteiger partial charge in [0, 0.05) is 35.8 Å². The molecule has 3 heterocycles. The molecule has 0 aliphatic carbocycles. The highest BCUT2D eigenvalue weighted by molar-refractivity contribution is 5.91. The van der Waals surface area contributed by atoms with Crippen LogP contribution in [0.15, 0.2) is 30.5 Å². The van der Waals surface area contributed by atoms with Crippen LogP contribution in [0.4, 0.5) is 5.82 Å². The number of nitrogens with one attached hydrogen (secondary N) is 1. The van der Waals surface area contributed by atoms with Crippen molar-refractivity contribution in [1.82, 2.24) is 15.5 Å². The van der Waals surface area contributed by atoms with E-state index in [4.69, 9.17) is 0 Å². The molecule has 0 amide bonds. The van der Waals surface area contributed by atoms with E-state index >= 15 is 0 Å². The van der Waals surface area contributed by atoms with Crippen LogP contribution < -0.4 is 10.2 Å². The van der Waals surface area contributed by atoms with Crippen LogP contribution in [0.3, 0.4) is 0 Å². The number of hydrogen-bond donors (Lipinski definition) is 1. The summed E-state index contributed by atoms with van der Waals surface area (Å²) >= 11 is 0. The number of hydrogen-bond acceptors (Lipinski definition) is 4. The first-order valence-corrected chi connectivity index (χ1v) is 8.03. The molecular weight excluding hydrogens is 260 g/mol. The fourth-order valence-corrected chi connectivity index (χ4v) is 4.01. The van der Waals surface area contributed by atoms with Crippen LogP contribution in [-0.2, 0) is 0 Å². The van der Waals surface area contributed by atoms with Crippen LogP contribution in [0.2, 0.25) is 0 Å². The lowest BCUT2D eigenvalue weighted by Crippen LogP contribution is -2.51. The number of benzene rings is 1. The lowest BCUT2D eigenvalue weighted by molar-refractivity contribution is 0.173. The maximum absolute atomic E-state index is 4.46. The minimum Gasteiger partial charge on any atom is -0.354 e. The molecule has 2 aliphatic rings. The molecule has 110 valence electrons. The quantitative estimate of drug-likeness (QED) is 0.873. The van der Waals surface area contributed by atoms with Gasteiger partial charge in [-0.3, -0.25) is 0 Å². The summed E-state index contributed by atoms with van der Waals surface area (Å²) in [6.45, 7) is 4.55. The Kier molecular flexibility index (Phi) is 3.26. The van der Waals surface area contributed by atoms with Crippen molar-refractivity contribution in [2.24, 2.45) is 5.41 Å². The summed E-state index contributed by atoms with van der Waals surface area (Å²) < 4.78 is 0. The molecule has 1 atom stereocenters. The standard InChI is InChI=1S/C17H22N4/c1-2-6-15-14(5-1)11-19-20-16(15)21-10-4-8-17(13-21)7-3-9-18-12-17/h1-2,5-6,11,18H,3-4,7-10,12-13H2. The second kappa shape index (κ2) is 5.26. The van der Waals surface area contributed by atoms with Crippen LogP contribution in [0, 0.1) is 5.41 Å². The summed E-state index contributed by atoms with van der Waals surface area (Å²) in [6, 6.07) is 8.45. The summed E-state index contributed by atoms with van der Waals surface area (Å²) in [7, 11) is 0. The topological polar surface area (TPSA) is 41.0 Å². The summed E-state index contributed by atoms with van der Waals surface area (Å²) in [4.78, 5) is 2.46. The predicted molar refractivity (Wildman–Crippen MR) is 85.5 cm³/mol. The first kappa shape index (κ1) is 13.0. The average molecular weight is 282 g/mol. The third-order valence-electron chi connectivity index (χ3n) is 5.07. The normalized spacial score (nSPS) is 26.4.